The monoisotopic (exact) mass is 150 g/mol. The van der Waals surface area contributed by atoms with Crippen LogP contribution in [0, 0.1) is 0 Å². The highest BCUT2D eigenvalue weighted by molar-refractivity contribution is 6.06. The summed E-state index contributed by atoms with van der Waals surface area (Å²) in [4.78, 5) is 15.2. The average Bonchev–Trinajstić information content (AvgIpc) is 2.06. The summed E-state index contributed by atoms with van der Waals surface area (Å²) in [6, 6.07) is 0. The largest absolute Gasteiger partial charge is 0.312 e. The van der Waals surface area contributed by atoms with Crippen molar-refractivity contribution in [2.45, 2.75) is 6.42 Å². The van der Waals surface area contributed by atoms with E-state index in [0.717, 1.165) is 30.7 Å². The van der Waals surface area contributed by atoms with E-state index in [4.69, 9.17) is 0 Å². The smallest absolute Gasteiger partial charge is 0.181 e. The summed E-state index contributed by atoms with van der Waals surface area (Å²) in [6.45, 7) is 2.05. The Morgan fingerprint density at radius 2 is 2.45 bits per heavy atom. The number of aliphatic imine (C=N–C) groups is 1. The van der Waals surface area contributed by atoms with Gasteiger partial charge in [0.2, 0.25) is 0 Å². The van der Waals surface area contributed by atoms with Gasteiger partial charge in [0.25, 0.3) is 0 Å². The molecule has 0 saturated carbocycles. The number of nitrogens with zero attached hydrogens (tertiary/aromatic N) is 1. The number of hydrogen-bond donors (Lipinski definition) is 1. The topological polar surface area (TPSA) is 41.5 Å². The molecule has 3 heteroatoms. The van der Waals surface area contributed by atoms with Crippen LogP contribution in [0.15, 0.2) is 16.1 Å². The molecule has 2 heterocycles. The number of ketones is 1. The maximum atomic E-state index is 11.2. The van der Waals surface area contributed by atoms with Gasteiger partial charge in [0, 0.05) is 18.3 Å². The molecule has 0 saturated heterocycles. The van der Waals surface area contributed by atoms with Gasteiger partial charge < -0.3 is 5.32 Å². The summed E-state index contributed by atoms with van der Waals surface area (Å²) in [6.07, 6.45) is 2.79. The molecular weight excluding hydrogens is 140 g/mol. The van der Waals surface area contributed by atoms with Crippen molar-refractivity contribution in [2.75, 3.05) is 19.6 Å². The van der Waals surface area contributed by atoms with E-state index in [1.165, 1.54) is 0 Å². The maximum absolute atomic E-state index is 11.2. The molecule has 2 aliphatic rings. The molecule has 2 rings (SSSR count). The van der Waals surface area contributed by atoms with Gasteiger partial charge in [-0.2, -0.15) is 0 Å². The highest BCUT2D eigenvalue weighted by Gasteiger charge is 2.19. The first-order valence-electron chi connectivity index (χ1n) is 3.83. The molecular formula is C8H10N2O. The van der Waals surface area contributed by atoms with E-state index >= 15 is 0 Å². The van der Waals surface area contributed by atoms with E-state index in [-0.39, 0.29) is 5.78 Å². The van der Waals surface area contributed by atoms with Crippen molar-refractivity contribution >= 4 is 12.0 Å². The molecule has 11 heavy (non-hydrogen) atoms. The molecule has 0 aromatic heterocycles. The first-order valence-corrected chi connectivity index (χ1v) is 3.83. The summed E-state index contributed by atoms with van der Waals surface area (Å²) in [5.74, 6) is 0.190. The van der Waals surface area contributed by atoms with Crippen LogP contribution in [0.4, 0.5) is 0 Å². The molecule has 0 aromatic carbocycles. The fourth-order valence-corrected chi connectivity index (χ4v) is 1.46. The lowest BCUT2D eigenvalue weighted by Crippen LogP contribution is -2.31. The summed E-state index contributed by atoms with van der Waals surface area (Å²) in [7, 11) is 0. The summed E-state index contributed by atoms with van der Waals surface area (Å²) < 4.78 is 0. The van der Waals surface area contributed by atoms with Crippen molar-refractivity contribution in [3.8, 4) is 0 Å². The van der Waals surface area contributed by atoms with E-state index in [1.54, 1.807) is 0 Å². The zero-order chi connectivity index (χ0) is 7.68. The standard InChI is InChI=1S/C8H10N2O/c11-8-5-10-3-6-1-2-9-4-7(6)8/h3,9H,1-2,4-5H2. The molecule has 58 valence electrons. The van der Waals surface area contributed by atoms with Crippen molar-refractivity contribution in [3.63, 3.8) is 0 Å². The van der Waals surface area contributed by atoms with Gasteiger partial charge in [0.1, 0.15) is 6.54 Å². The molecule has 0 unspecified atom stereocenters. The summed E-state index contributed by atoms with van der Waals surface area (Å²) in [5, 5.41) is 3.17. The number of hydrogen-bond acceptors (Lipinski definition) is 3. The fraction of sp³-hybridized carbons (Fsp3) is 0.500. The number of nitrogens with one attached hydrogen (secondary N) is 1. The van der Waals surface area contributed by atoms with Crippen LogP contribution in [0.2, 0.25) is 0 Å². The van der Waals surface area contributed by atoms with Gasteiger partial charge in [-0.15, -0.1) is 0 Å². The first kappa shape index (κ1) is 6.73. The van der Waals surface area contributed by atoms with E-state index in [2.05, 4.69) is 10.3 Å². The molecule has 0 aliphatic carbocycles. The first-order chi connectivity index (χ1) is 5.38. The molecule has 0 bridgehead atoms. The minimum Gasteiger partial charge on any atom is -0.312 e. The number of carbonyl (C=O) groups is 1. The van der Waals surface area contributed by atoms with Crippen LogP contribution in [0.25, 0.3) is 0 Å². The van der Waals surface area contributed by atoms with Gasteiger partial charge in [0.05, 0.1) is 0 Å². The lowest BCUT2D eigenvalue weighted by Gasteiger charge is -2.19. The number of carbonyl (C=O) groups excluding carboxylic acids is 1. The average molecular weight is 150 g/mol. The molecule has 0 aromatic rings. The van der Waals surface area contributed by atoms with Crippen molar-refractivity contribution in [3.05, 3.63) is 11.1 Å². The second-order valence-electron chi connectivity index (χ2n) is 2.82. The molecule has 0 atom stereocenters. The fourth-order valence-electron chi connectivity index (χ4n) is 1.46. The van der Waals surface area contributed by atoms with Gasteiger partial charge in [-0.3, -0.25) is 9.79 Å². The molecule has 1 N–H and O–H groups in total. The highest BCUT2D eigenvalue weighted by Crippen LogP contribution is 2.14. The van der Waals surface area contributed by atoms with Crippen LogP contribution < -0.4 is 5.32 Å². The van der Waals surface area contributed by atoms with E-state index < -0.39 is 0 Å². The third-order valence-electron chi connectivity index (χ3n) is 2.08. The Morgan fingerprint density at radius 3 is 3.27 bits per heavy atom. The van der Waals surface area contributed by atoms with Gasteiger partial charge in [-0.1, -0.05) is 0 Å². The Morgan fingerprint density at radius 1 is 1.55 bits per heavy atom. The van der Waals surface area contributed by atoms with Crippen molar-refractivity contribution < 1.29 is 4.79 Å². The predicted octanol–water partition coefficient (Wildman–Crippen LogP) is -0.0702. The molecule has 0 radical (unpaired) electrons. The SMILES string of the molecule is O=C1CN=CC2=C1CNCC2. The molecule has 2 aliphatic heterocycles. The van der Waals surface area contributed by atoms with Crippen LogP contribution in [-0.4, -0.2) is 31.6 Å². The second-order valence-corrected chi connectivity index (χ2v) is 2.82. The van der Waals surface area contributed by atoms with Crippen LogP contribution in [0.1, 0.15) is 6.42 Å². The van der Waals surface area contributed by atoms with E-state index in [0.29, 0.717) is 6.54 Å². The van der Waals surface area contributed by atoms with Gasteiger partial charge in [-0.05, 0) is 18.5 Å². The predicted molar refractivity (Wildman–Crippen MR) is 42.9 cm³/mol. The minimum absolute atomic E-state index is 0.190. The third-order valence-corrected chi connectivity index (χ3v) is 2.08. The maximum Gasteiger partial charge on any atom is 0.181 e. The number of dihydropyridines is 1. The van der Waals surface area contributed by atoms with Gasteiger partial charge in [-0.25, -0.2) is 0 Å². The van der Waals surface area contributed by atoms with Crippen LogP contribution >= 0.6 is 0 Å². The van der Waals surface area contributed by atoms with Crippen molar-refractivity contribution in [2.24, 2.45) is 4.99 Å². The molecule has 3 nitrogen and oxygen atoms in total. The third kappa shape index (κ3) is 1.12. The summed E-state index contributed by atoms with van der Waals surface area (Å²) in [5.41, 5.74) is 2.09. The number of Topliss-reactive ketones (excluding diaryl/α,β-unsaturated/α-hetero) is 1. The zero-order valence-corrected chi connectivity index (χ0v) is 6.26. The minimum atomic E-state index is 0.190. The van der Waals surface area contributed by atoms with Crippen molar-refractivity contribution in [1.29, 1.82) is 0 Å². The van der Waals surface area contributed by atoms with Gasteiger partial charge >= 0.3 is 0 Å². The normalized spacial score (nSPS) is 23.8. The van der Waals surface area contributed by atoms with Gasteiger partial charge in [0.15, 0.2) is 5.78 Å². The molecule has 0 fully saturated rings. The Labute approximate surface area is 65.2 Å². The van der Waals surface area contributed by atoms with E-state index in [9.17, 15) is 4.79 Å². The van der Waals surface area contributed by atoms with Crippen molar-refractivity contribution in [1.82, 2.24) is 5.32 Å². The van der Waals surface area contributed by atoms with Crippen LogP contribution in [0.3, 0.4) is 0 Å². The van der Waals surface area contributed by atoms with Crippen LogP contribution in [-0.2, 0) is 4.79 Å². The Kier molecular flexibility index (Phi) is 1.58. The number of rotatable bonds is 0. The zero-order valence-electron chi connectivity index (χ0n) is 6.26. The lowest BCUT2D eigenvalue weighted by molar-refractivity contribution is -0.114. The Bertz CT molecular complexity index is 253. The molecule has 0 spiro atoms. The second kappa shape index (κ2) is 2.58. The summed E-state index contributed by atoms with van der Waals surface area (Å²) >= 11 is 0. The Hall–Kier alpha value is -0.960. The Balaban J connectivity index is 2.35. The molecule has 0 amide bonds. The van der Waals surface area contributed by atoms with Crippen LogP contribution in [0.5, 0.6) is 0 Å². The highest BCUT2D eigenvalue weighted by atomic mass is 16.1. The van der Waals surface area contributed by atoms with E-state index in [1.807, 2.05) is 6.21 Å². The lowest BCUT2D eigenvalue weighted by atomic mass is 9.97. The quantitative estimate of drug-likeness (QED) is 0.525.